The van der Waals surface area contributed by atoms with E-state index in [1.807, 2.05) is 6.07 Å². The number of nitrogens with one attached hydrogen (secondary N) is 2. The van der Waals surface area contributed by atoms with Crippen LogP contribution in [0, 0.1) is 5.41 Å². The van der Waals surface area contributed by atoms with Gasteiger partial charge in [0.25, 0.3) is 5.91 Å². The van der Waals surface area contributed by atoms with Crippen LogP contribution in [0.15, 0.2) is 18.2 Å². The predicted octanol–water partition coefficient (Wildman–Crippen LogP) is 1.78. The summed E-state index contributed by atoms with van der Waals surface area (Å²) in [5.74, 6) is 0.615. The van der Waals surface area contributed by atoms with Crippen molar-refractivity contribution >= 4 is 12.1 Å². The maximum absolute atomic E-state index is 11.8. The van der Waals surface area contributed by atoms with Crippen LogP contribution in [0.2, 0.25) is 0 Å². The number of hydrogen-bond acceptors (Lipinski definition) is 3. The fourth-order valence-corrected chi connectivity index (χ4v) is 1.66. The van der Waals surface area contributed by atoms with E-state index in [-0.39, 0.29) is 5.91 Å². The lowest BCUT2D eigenvalue weighted by atomic mass is 10.1. The molecule has 1 aromatic rings. The average molecular weight is 232 g/mol. The molecule has 17 heavy (non-hydrogen) atoms. The van der Waals surface area contributed by atoms with Gasteiger partial charge in [-0.2, -0.15) is 0 Å². The normalized spacial score (nSPS) is 14.2. The van der Waals surface area contributed by atoms with Gasteiger partial charge in [-0.1, -0.05) is 6.07 Å². The number of carbonyl (C=O) groups is 1. The van der Waals surface area contributed by atoms with E-state index in [2.05, 4.69) is 5.32 Å². The molecular formula is C13H16N2O2. The molecule has 1 aliphatic carbocycles. The average Bonchev–Trinajstić information content (AvgIpc) is 3.13. The summed E-state index contributed by atoms with van der Waals surface area (Å²) in [7, 11) is 1.57. The van der Waals surface area contributed by atoms with Gasteiger partial charge in [0.2, 0.25) is 0 Å². The lowest BCUT2D eigenvalue weighted by Crippen LogP contribution is -2.25. The minimum atomic E-state index is -0.0489. The minimum absolute atomic E-state index is 0.0489. The van der Waals surface area contributed by atoms with Gasteiger partial charge < -0.3 is 15.5 Å². The lowest BCUT2D eigenvalue weighted by Gasteiger charge is -2.09. The van der Waals surface area contributed by atoms with Gasteiger partial charge in [0.1, 0.15) is 5.75 Å². The molecule has 0 saturated heterocycles. The van der Waals surface area contributed by atoms with Crippen LogP contribution in [0.25, 0.3) is 0 Å². The summed E-state index contributed by atoms with van der Waals surface area (Å²) in [5.41, 5.74) is 1.54. The Labute approximate surface area is 100 Å². The summed E-state index contributed by atoms with van der Waals surface area (Å²) < 4.78 is 5.23. The number of rotatable bonds is 5. The highest BCUT2D eigenvalue weighted by Crippen LogP contribution is 2.22. The maximum atomic E-state index is 11.8. The van der Waals surface area contributed by atoms with E-state index in [0.29, 0.717) is 23.8 Å². The molecule has 1 amide bonds. The molecule has 1 fully saturated rings. The third kappa shape index (κ3) is 2.84. The van der Waals surface area contributed by atoms with Crippen LogP contribution in [0.4, 0.5) is 0 Å². The largest absolute Gasteiger partial charge is 0.496 e. The van der Waals surface area contributed by atoms with Crippen LogP contribution in [0.3, 0.4) is 0 Å². The highest BCUT2D eigenvalue weighted by Gasteiger charge is 2.24. The predicted molar refractivity (Wildman–Crippen MR) is 66.0 cm³/mol. The van der Waals surface area contributed by atoms with E-state index >= 15 is 0 Å². The second-order valence-electron chi connectivity index (χ2n) is 4.18. The first-order valence-corrected chi connectivity index (χ1v) is 5.71. The highest BCUT2D eigenvalue weighted by atomic mass is 16.5. The van der Waals surface area contributed by atoms with Crippen molar-refractivity contribution in [3.05, 3.63) is 29.3 Å². The zero-order valence-electron chi connectivity index (χ0n) is 9.82. The van der Waals surface area contributed by atoms with Gasteiger partial charge in [0.15, 0.2) is 0 Å². The zero-order chi connectivity index (χ0) is 12.3. The van der Waals surface area contributed by atoms with E-state index < -0.39 is 0 Å². The van der Waals surface area contributed by atoms with Crippen molar-refractivity contribution < 1.29 is 9.53 Å². The van der Waals surface area contributed by atoms with Crippen molar-refractivity contribution in [3.63, 3.8) is 0 Å². The first kappa shape index (κ1) is 11.6. The molecule has 2 N–H and O–H groups in total. The molecular weight excluding hydrogens is 216 g/mol. The Kier molecular flexibility index (Phi) is 3.42. The van der Waals surface area contributed by atoms with E-state index in [9.17, 15) is 4.79 Å². The van der Waals surface area contributed by atoms with Crippen molar-refractivity contribution in [1.29, 1.82) is 5.41 Å². The van der Waals surface area contributed by atoms with Crippen molar-refractivity contribution in [2.75, 3.05) is 7.11 Å². The first-order valence-electron chi connectivity index (χ1n) is 5.71. The molecule has 2 rings (SSSR count). The topological polar surface area (TPSA) is 62.2 Å². The summed E-state index contributed by atoms with van der Waals surface area (Å²) in [6.07, 6.45) is 4.00. The number of carbonyl (C=O) groups excluding carboxylic acids is 1. The molecule has 0 aliphatic heterocycles. The molecule has 90 valence electrons. The van der Waals surface area contributed by atoms with Gasteiger partial charge in [0, 0.05) is 18.0 Å². The SMILES string of the molecule is COc1cc(C(=O)NC2CC2)ccc1CC=N. The van der Waals surface area contributed by atoms with E-state index in [1.165, 1.54) is 6.21 Å². The highest BCUT2D eigenvalue weighted by molar-refractivity contribution is 5.95. The monoisotopic (exact) mass is 232 g/mol. The zero-order valence-corrected chi connectivity index (χ0v) is 9.82. The summed E-state index contributed by atoms with van der Waals surface area (Å²) in [6.45, 7) is 0. The number of amides is 1. The van der Waals surface area contributed by atoms with Crippen molar-refractivity contribution in [2.45, 2.75) is 25.3 Å². The van der Waals surface area contributed by atoms with E-state index in [4.69, 9.17) is 10.1 Å². The minimum Gasteiger partial charge on any atom is -0.496 e. The Morgan fingerprint density at radius 2 is 2.35 bits per heavy atom. The molecule has 0 aromatic heterocycles. The smallest absolute Gasteiger partial charge is 0.251 e. The Bertz CT molecular complexity index is 439. The fraction of sp³-hybridized carbons (Fsp3) is 0.385. The number of hydrogen-bond donors (Lipinski definition) is 2. The quantitative estimate of drug-likeness (QED) is 0.760. The first-order chi connectivity index (χ1) is 8.24. The Balaban J connectivity index is 2.17. The van der Waals surface area contributed by atoms with Crippen molar-refractivity contribution in [3.8, 4) is 5.75 Å². The molecule has 1 aliphatic rings. The van der Waals surface area contributed by atoms with Crippen molar-refractivity contribution in [1.82, 2.24) is 5.32 Å². The molecule has 4 heteroatoms. The summed E-state index contributed by atoms with van der Waals surface area (Å²) in [6, 6.07) is 5.70. The standard InChI is InChI=1S/C13H16N2O2/c1-17-12-8-10(3-2-9(12)6-7-14)13(16)15-11-4-5-11/h2-3,7-8,11,14H,4-6H2,1H3,(H,15,16). The van der Waals surface area contributed by atoms with E-state index in [1.54, 1.807) is 19.2 Å². The van der Waals surface area contributed by atoms with Crippen LogP contribution in [-0.2, 0) is 6.42 Å². The van der Waals surface area contributed by atoms with Gasteiger partial charge in [-0.15, -0.1) is 0 Å². The molecule has 1 saturated carbocycles. The molecule has 0 radical (unpaired) electrons. The number of methoxy groups -OCH3 is 1. The number of ether oxygens (including phenoxy) is 1. The third-order valence-corrected chi connectivity index (χ3v) is 2.78. The van der Waals surface area contributed by atoms with Gasteiger partial charge in [-0.25, -0.2) is 0 Å². The molecule has 0 heterocycles. The van der Waals surface area contributed by atoms with Crippen molar-refractivity contribution in [2.24, 2.45) is 0 Å². The second kappa shape index (κ2) is 4.99. The maximum Gasteiger partial charge on any atom is 0.251 e. The summed E-state index contributed by atoms with van der Waals surface area (Å²) >= 11 is 0. The van der Waals surface area contributed by atoms with Gasteiger partial charge in [-0.3, -0.25) is 4.79 Å². The van der Waals surface area contributed by atoms with Gasteiger partial charge >= 0.3 is 0 Å². The van der Waals surface area contributed by atoms with Crippen LogP contribution in [0.1, 0.15) is 28.8 Å². The summed E-state index contributed by atoms with van der Waals surface area (Å²) in [5, 5.41) is 10.0. The molecule has 0 unspecified atom stereocenters. The van der Waals surface area contributed by atoms with E-state index in [0.717, 1.165) is 18.4 Å². The van der Waals surface area contributed by atoms with Crippen LogP contribution in [-0.4, -0.2) is 25.3 Å². The molecule has 0 spiro atoms. The number of benzene rings is 1. The molecule has 0 atom stereocenters. The molecule has 1 aromatic carbocycles. The molecule has 4 nitrogen and oxygen atoms in total. The van der Waals surface area contributed by atoms with Gasteiger partial charge in [-0.05, 0) is 36.8 Å². The van der Waals surface area contributed by atoms with Crippen LogP contribution in [0.5, 0.6) is 5.75 Å². The second-order valence-corrected chi connectivity index (χ2v) is 4.18. The lowest BCUT2D eigenvalue weighted by molar-refractivity contribution is 0.0950. The van der Waals surface area contributed by atoms with Crippen LogP contribution >= 0.6 is 0 Å². The van der Waals surface area contributed by atoms with Gasteiger partial charge in [0.05, 0.1) is 7.11 Å². The van der Waals surface area contributed by atoms with Crippen LogP contribution < -0.4 is 10.1 Å². The fourth-order valence-electron chi connectivity index (χ4n) is 1.66. The summed E-state index contributed by atoms with van der Waals surface area (Å²) in [4.78, 5) is 11.8. The Hall–Kier alpha value is -1.84. The third-order valence-electron chi connectivity index (χ3n) is 2.78. The molecule has 0 bridgehead atoms. The Morgan fingerprint density at radius 3 is 2.94 bits per heavy atom. The Morgan fingerprint density at radius 1 is 1.59 bits per heavy atom.